The smallest absolute Gasteiger partial charge is 0.123 e. The minimum atomic E-state index is 0.806. The summed E-state index contributed by atoms with van der Waals surface area (Å²) >= 11 is 3.59. The quantitative estimate of drug-likeness (QED) is 0.712. The first kappa shape index (κ1) is 14.6. The van der Waals surface area contributed by atoms with Crippen LogP contribution in [0, 0.1) is 0 Å². The molecule has 1 heterocycles. The molecule has 4 heteroatoms. The van der Waals surface area contributed by atoms with E-state index in [9.17, 15) is 0 Å². The van der Waals surface area contributed by atoms with Crippen LogP contribution in [0.1, 0.15) is 18.2 Å². The van der Waals surface area contributed by atoms with Gasteiger partial charge in [0.05, 0.1) is 12.3 Å². The fourth-order valence-corrected chi connectivity index (χ4v) is 3.43. The number of methoxy groups -OCH3 is 1. The number of ether oxygens (including phenoxy) is 1. The maximum atomic E-state index is 5.04. The molecule has 0 spiro atoms. The molecular weight excluding hydrogens is 274 g/mol. The monoisotopic (exact) mass is 293 g/mol. The highest BCUT2D eigenvalue weighted by atomic mass is 32.2. The molecule has 19 heavy (non-hydrogen) atoms. The van der Waals surface area contributed by atoms with Gasteiger partial charge < -0.3 is 4.74 Å². The van der Waals surface area contributed by atoms with Crippen LogP contribution in [0.2, 0.25) is 0 Å². The van der Waals surface area contributed by atoms with Gasteiger partial charge in [-0.25, -0.2) is 4.98 Å². The van der Waals surface area contributed by atoms with Crippen LogP contribution >= 0.6 is 23.1 Å². The van der Waals surface area contributed by atoms with Gasteiger partial charge in [-0.1, -0.05) is 31.2 Å². The van der Waals surface area contributed by atoms with Crippen molar-refractivity contribution >= 4 is 23.1 Å². The molecule has 0 amide bonds. The van der Waals surface area contributed by atoms with Gasteiger partial charge >= 0.3 is 0 Å². The van der Waals surface area contributed by atoms with Gasteiger partial charge in [-0.2, -0.15) is 11.8 Å². The summed E-state index contributed by atoms with van der Waals surface area (Å²) in [7, 11) is 1.74. The average Bonchev–Trinajstić information content (AvgIpc) is 2.92. The molecule has 2 aromatic rings. The van der Waals surface area contributed by atoms with Crippen molar-refractivity contribution in [1.82, 2.24) is 4.98 Å². The Labute approximate surface area is 123 Å². The Morgan fingerprint density at radius 1 is 1.26 bits per heavy atom. The molecule has 0 saturated carbocycles. The summed E-state index contributed by atoms with van der Waals surface area (Å²) in [6, 6.07) is 8.70. The van der Waals surface area contributed by atoms with Gasteiger partial charge in [0.2, 0.25) is 0 Å². The van der Waals surface area contributed by atoms with Crippen LogP contribution in [0.4, 0.5) is 0 Å². The Balaban J connectivity index is 1.95. The van der Waals surface area contributed by atoms with Crippen molar-refractivity contribution < 1.29 is 4.74 Å². The van der Waals surface area contributed by atoms with Crippen LogP contribution in [-0.2, 0) is 16.9 Å². The van der Waals surface area contributed by atoms with Crippen LogP contribution in [0.3, 0.4) is 0 Å². The summed E-state index contributed by atoms with van der Waals surface area (Å²) in [5.74, 6) is 1.99. The van der Waals surface area contributed by atoms with Crippen LogP contribution in [0.15, 0.2) is 29.6 Å². The standard InChI is InChI=1S/C15H19NOS2/c1-3-12-4-6-13(7-5-12)15-16-14(11-19-15)10-18-9-8-17-2/h4-7,11H,3,8-10H2,1-2H3. The topological polar surface area (TPSA) is 22.1 Å². The van der Waals surface area contributed by atoms with E-state index in [1.807, 2.05) is 11.8 Å². The van der Waals surface area contributed by atoms with Gasteiger partial charge in [0.1, 0.15) is 5.01 Å². The lowest BCUT2D eigenvalue weighted by atomic mass is 10.1. The fraction of sp³-hybridized carbons (Fsp3) is 0.400. The number of aryl methyl sites for hydroxylation is 1. The fourth-order valence-electron chi connectivity index (χ4n) is 1.71. The molecular formula is C15H19NOS2. The van der Waals surface area contributed by atoms with Crippen LogP contribution in [-0.4, -0.2) is 24.5 Å². The summed E-state index contributed by atoms with van der Waals surface area (Å²) in [5.41, 5.74) is 3.76. The molecule has 0 N–H and O–H groups in total. The molecule has 0 radical (unpaired) electrons. The Hall–Kier alpha value is -0.840. The van der Waals surface area contributed by atoms with Gasteiger partial charge in [0.25, 0.3) is 0 Å². The lowest BCUT2D eigenvalue weighted by molar-refractivity contribution is 0.218. The van der Waals surface area contributed by atoms with E-state index in [0.717, 1.165) is 29.5 Å². The first-order valence-electron chi connectivity index (χ1n) is 6.44. The summed E-state index contributed by atoms with van der Waals surface area (Å²) in [6.45, 7) is 2.98. The number of thioether (sulfide) groups is 1. The van der Waals surface area contributed by atoms with E-state index < -0.39 is 0 Å². The van der Waals surface area contributed by atoms with E-state index in [0.29, 0.717) is 0 Å². The van der Waals surface area contributed by atoms with Crippen LogP contribution < -0.4 is 0 Å². The van der Waals surface area contributed by atoms with E-state index in [1.165, 1.54) is 16.8 Å². The van der Waals surface area contributed by atoms with Gasteiger partial charge in [-0.3, -0.25) is 0 Å². The summed E-state index contributed by atoms with van der Waals surface area (Å²) in [4.78, 5) is 4.69. The molecule has 102 valence electrons. The number of hydrogen-bond donors (Lipinski definition) is 0. The Morgan fingerprint density at radius 2 is 2.05 bits per heavy atom. The van der Waals surface area contributed by atoms with Gasteiger partial charge in [0.15, 0.2) is 0 Å². The summed E-state index contributed by atoms with van der Waals surface area (Å²) in [6.07, 6.45) is 1.08. The van der Waals surface area contributed by atoms with Gasteiger partial charge in [-0.05, 0) is 12.0 Å². The predicted molar refractivity (Wildman–Crippen MR) is 85.0 cm³/mol. The maximum absolute atomic E-state index is 5.04. The van der Waals surface area contributed by atoms with E-state index in [2.05, 4.69) is 36.6 Å². The average molecular weight is 293 g/mol. The van der Waals surface area contributed by atoms with E-state index >= 15 is 0 Å². The molecule has 0 atom stereocenters. The van der Waals surface area contributed by atoms with E-state index in [-0.39, 0.29) is 0 Å². The lowest BCUT2D eigenvalue weighted by Crippen LogP contribution is -1.92. The van der Waals surface area contributed by atoms with Crippen molar-refractivity contribution in [2.24, 2.45) is 0 Å². The molecule has 0 saturated heterocycles. The normalized spacial score (nSPS) is 10.8. The first-order chi connectivity index (χ1) is 9.33. The molecule has 0 bridgehead atoms. The molecule has 0 aliphatic heterocycles. The second-order valence-electron chi connectivity index (χ2n) is 4.24. The zero-order valence-corrected chi connectivity index (χ0v) is 13.0. The van der Waals surface area contributed by atoms with Crippen molar-refractivity contribution in [2.45, 2.75) is 19.1 Å². The van der Waals surface area contributed by atoms with E-state index in [4.69, 9.17) is 9.72 Å². The summed E-state index contributed by atoms with van der Waals surface area (Å²) in [5, 5.41) is 3.27. The minimum Gasteiger partial charge on any atom is -0.384 e. The predicted octanol–water partition coefficient (Wildman–Crippen LogP) is 4.25. The number of nitrogens with zero attached hydrogens (tertiary/aromatic N) is 1. The molecule has 1 aromatic carbocycles. The molecule has 2 rings (SSSR count). The second-order valence-corrected chi connectivity index (χ2v) is 6.20. The molecule has 0 aliphatic carbocycles. The Kier molecular flexibility index (Phi) is 5.89. The van der Waals surface area contributed by atoms with Crippen LogP contribution in [0.25, 0.3) is 10.6 Å². The van der Waals surface area contributed by atoms with Crippen molar-refractivity contribution in [1.29, 1.82) is 0 Å². The zero-order chi connectivity index (χ0) is 13.5. The Bertz CT molecular complexity index is 493. The zero-order valence-electron chi connectivity index (χ0n) is 11.4. The highest BCUT2D eigenvalue weighted by Gasteiger charge is 2.04. The maximum Gasteiger partial charge on any atom is 0.123 e. The lowest BCUT2D eigenvalue weighted by Gasteiger charge is -1.99. The molecule has 0 fully saturated rings. The first-order valence-corrected chi connectivity index (χ1v) is 8.47. The number of rotatable bonds is 7. The van der Waals surface area contributed by atoms with Gasteiger partial charge in [-0.15, -0.1) is 11.3 Å². The largest absolute Gasteiger partial charge is 0.384 e. The van der Waals surface area contributed by atoms with Crippen molar-refractivity contribution in [3.8, 4) is 10.6 Å². The Morgan fingerprint density at radius 3 is 2.74 bits per heavy atom. The number of hydrogen-bond acceptors (Lipinski definition) is 4. The van der Waals surface area contributed by atoms with Crippen molar-refractivity contribution in [3.63, 3.8) is 0 Å². The second kappa shape index (κ2) is 7.68. The molecule has 0 unspecified atom stereocenters. The number of thiazole rings is 1. The number of aromatic nitrogens is 1. The number of benzene rings is 1. The van der Waals surface area contributed by atoms with Crippen LogP contribution in [0.5, 0.6) is 0 Å². The minimum absolute atomic E-state index is 0.806. The SMILES string of the molecule is CCc1ccc(-c2nc(CSCCOC)cs2)cc1. The third-order valence-corrected chi connectivity index (χ3v) is 4.74. The molecule has 1 aromatic heterocycles. The van der Waals surface area contributed by atoms with Crippen molar-refractivity contribution in [3.05, 3.63) is 40.9 Å². The highest BCUT2D eigenvalue weighted by Crippen LogP contribution is 2.25. The third-order valence-electron chi connectivity index (χ3n) is 2.84. The third kappa shape index (κ3) is 4.34. The highest BCUT2D eigenvalue weighted by molar-refractivity contribution is 7.98. The molecule has 0 aliphatic rings. The van der Waals surface area contributed by atoms with E-state index in [1.54, 1.807) is 18.4 Å². The van der Waals surface area contributed by atoms with Crippen molar-refractivity contribution in [2.75, 3.05) is 19.5 Å². The van der Waals surface area contributed by atoms with Gasteiger partial charge in [0, 0.05) is 29.6 Å². The molecule has 2 nitrogen and oxygen atoms in total. The summed E-state index contributed by atoms with van der Waals surface area (Å²) < 4.78 is 5.04.